The molecular weight excluding hydrogens is 260 g/mol. The first-order valence-corrected chi connectivity index (χ1v) is 7.27. The van der Waals surface area contributed by atoms with Gasteiger partial charge in [-0.2, -0.15) is 0 Å². The average molecular weight is 286 g/mol. The first-order chi connectivity index (χ1) is 9.34. The molecule has 1 spiro atoms. The fraction of sp³-hybridized carbons (Fsp3) is 0.929. The lowest BCUT2D eigenvalue weighted by molar-refractivity contribution is -0.210. The molecule has 0 saturated carbocycles. The number of amides is 1. The smallest absolute Gasteiger partial charge is 0.410 e. The van der Waals surface area contributed by atoms with E-state index in [0.29, 0.717) is 32.8 Å². The third-order valence-corrected chi connectivity index (χ3v) is 3.67. The molecule has 2 aliphatic heterocycles. The van der Waals surface area contributed by atoms with Crippen molar-refractivity contribution in [1.29, 1.82) is 0 Å². The summed E-state index contributed by atoms with van der Waals surface area (Å²) in [6.45, 7) is 8.52. The molecule has 0 radical (unpaired) electrons. The van der Waals surface area contributed by atoms with Gasteiger partial charge in [0, 0.05) is 19.6 Å². The number of likely N-dealkylation sites (tertiary alicyclic amines) is 1. The number of hydrogen-bond acceptors (Lipinski definition) is 5. The van der Waals surface area contributed by atoms with Gasteiger partial charge in [-0.25, -0.2) is 4.79 Å². The minimum absolute atomic E-state index is 0.0307. The van der Waals surface area contributed by atoms with Crippen molar-refractivity contribution >= 4 is 6.09 Å². The Bertz CT molecular complexity index is 346. The van der Waals surface area contributed by atoms with E-state index < -0.39 is 5.60 Å². The van der Waals surface area contributed by atoms with Gasteiger partial charge in [-0.05, 0) is 33.6 Å². The fourth-order valence-corrected chi connectivity index (χ4v) is 2.60. The van der Waals surface area contributed by atoms with Crippen LogP contribution in [0.1, 0.15) is 33.6 Å². The van der Waals surface area contributed by atoms with Crippen LogP contribution in [0.15, 0.2) is 0 Å². The van der Waals surface area contributed by atoms with E-state index in [4.69, 9.17) is 19.9 Å². The van der Waals surface area contributed by atoms with Crippen molar-refractivity contribution in [2.45, 2.75) is 50.9 Å². The molecule has 1 atom stereocenters. The molecule has 1 amide bonds. The van der Waals surface area contributed by atoms with Gasteiger partial charge in [0.2, 0.25) is 0 Å². The van der Waals surface area contributed by atoms with Crippen LogP contribution >= 0.6 is 0 Å². The molecule has 0 aromatic heterocycles. The molecule has 1 unspecified atom stereocenters. The molecular formula is C14H26N2O4. The third kappa shape index (κ3) is 3.84. The van der Waals surface area contributed by atoms with Crippen LogP contribution in [0.2, 0.25) is 0 Å². The van der Waals surface area contributed by atoms with E-state index in [-0.39, 0.29) is 17.8 Å². The number of ether oxygens (including phenoxy) is 3. The van der Waals surface area contributed by atoms with Crippen molar-refractivity contribution in [3.8, 4) is 0 Å². The monoisotopic (exact) mass is 286 g/mol. The zero-order valence-electron chi connectivity index (χ0n) is 12.7. The Hall–Kier alpha value is -0.850. The lowest BCUT2D eigenvalue weighted by Gasteiger charge is -2.45. The Morgan fingerprint density at radius 2 is 2.05 bits per heavy atom. The van der Waals surface area contributed by atoms with E-state index in [1.165, 1.54) is 0 Å². The van der Waals surface area contributed by atoms with Gasteiger partial charge in [0.1, 0.15) is 5.60 Å². The standard InChI is InChI=1S/C14H26N2O4/c1-13(2,3)20-12(17)16-6-4-14(5-7-16)10-18-9-11(8-15)19-14/h11H,4-10,15H2,1-3H3. The summed E-state index contributed by atoms with van der Waals surface area (Å²) in [5.41, 5.74) is 4.91. The van der Waals surface area contributed by atoms with Crippen LogP contribution in [0.3, 0.4) is 0 Å². The largest absolute Gasteiger partial charge is 0.444 e. The lowest BCUT2D eigenvalue weighted by atomic mass is 9.91. The van der Waals surface area contributed by atoms with Crippen LogP contribution in [-0.4, -0.2) is 61.1 Å². The molecule has 6 nitrogen and oxygen atoms in total. The second kappa shape index (κ2) is 5.87. The van der Waals surface area contributed by atoms with Crippen molar-refractivity contribution in [2.24, 2.45) is 5.73 Å². The molecule has 6 heteroatoms. The van der Waals surface area contributed by atoms with Crippen molar-refractivity contribution in [3.05, 3.63) is 0 Å². The number of rotatable bonds is 1. The highest BCUT2D eigenvalue weighted by atomic mass is 16.6. The second-order valence-electron chi connectivity index (χ2n) is 6.64. The van der Waals surface area contributed by atoms with Crippen LogP contribution in [0, 0.1) is 0 Å². The highest BCUT2D eigenvalue weighted by Gasteiger charge is 2.42. The summed E-state index contributed by atoms with van der Waals surface area (Å²) in [7, 11) is 0. The quantitative estimate of drug-likeness (QED) is 0.782. The van der Waals surface area contributed by atoms with E-state index in [1.54, 1.807) is 4.90 Å². The summed E-state index contributed by atoms with van der Waals surface area (Å²) in [6.07, 6.45) is 1.25. The van der Waals surface area contributed by atoms with Crippen LogP contribution in [0.4, 0.5) is 4.79 Å². The van der Waals surface area contributed by atoms with Crippen LogP contribution in [0.25, 0.3) is 0 Å². The molecule has 0 aliphatic carbocycles. The highest BCUT2D eigenvalue weighted by Crippen LogP contribution is 2.31. The molecule has 2 heterocycles. The highest BCUT2D eigenvalue weighted by molar-refractivity contribution is 5.68. The maximum absolute atomic E-state index is 12.0. The third-order valence-electron chi connectivity index (χ3n) is 3.67. The molecule has 0 bridgehead atoms. The molecule has 2 N–H and O–H groups in total. The van der Waals surface area contributed by atoms with Gasteiger partial charge in [0.05, 0.1) is 24.9 Å². The minimum atomic E-state index is -0.457. The second-order valence-corrected chi connectivity index (χ2v) is 6.64. The summed E-state index contributed by atoms with van der Waals surface area (Å²) < 4.78 is 17.1. The first-order valence-electron chi connectivity index (χ1n) is 7.27. The summed E-state index contributed by atoms with van der Waals surface area (Å²) in [5.74, 6) is 0. The molecule has 0 aromatic rings. The van der Waals surface area contributed by atoms with Gasteiger partial charge in [0.15, 0.2) is 0 Å². The number of piperidine rings is 1. The molecule has 116 valence electrons. The van der Waals surface area contributed by atoms with E-state index in [0.717, 1.165) is 12.8 Å². The summed E-state index contributed by atoms with van der Waals surface area (Å²) in [6, 6.07) is 0. The van der Waals surface area contributed by atoms with E-state index >= 15 is 0 Å². The Labute approximate surface area is 120 Å². The van der Waals surface area contributed by atoms with Crippen molar-refractivity contribution in [1.82, 2.24) is 4.90 Å². The van der Waals surface area contributed by atoms with Crippen molar-refractivity contribution < 1.29 is 19.0 Å². The average Bonchev–Trinajstić information content (AvgIpc) is 2.37. The summed E-state index contributed by atoms with van der Waals surface area (Å²) >= 11 is 0. The van der Waals surface area contributed by atoms with Crippen LogP contribution < -0.4 is 5.73 Å². The number of hydrogen-bond donors (Lipinski definition) is 1. The van der Waals surface area contributed by atoms with Crippen molar-refractivity contribution in [3.63, 3.8) is 0 Å². The summed E-state index contributed by atoms with van der Waals surface area (Å²) in [4.78, 5) is 13.8. The SMILES string of the molecule is CC(C)(C)OC(=O)N1CCC2(CC1)COCC(CN)O2. The zero-order chi connectivity index (χ0) is 14.8. The van der Waals surface area contributed by atoms with Gasteiger partial charge >= 0.3 is 6.09 Å². The Morgan fingerprint density at radius 3 is 2.60 bits per heavy atom. The Morgan fingerprint density at radius 1 is 1.40 bits per heavy atom. The fourth-order valence-electron chi connectivity index (χ4n) is 2.60. The maximum atomic E-state index is 12.0. The number of carbonyl (C=O) groups is 1. The normalized spacial score (nSPS) is 26.6. The van der Waals surface area contributed by atoms with E-state index in [2.05, 4.69) is 0 Å². The first kappa shape index (κ1) is 15.5. The number of carbonyl (C=O) groups excluding carboxylic acids is 1. The number of nitrogens with zero attached hydrogens (tertiary/aromatic N) is 1. The number of nitrogens with two attached hydrogens (primary N) is 1. The Kier molecular flexibility index (Phi) is 4.56. The molecule has 2 fully saturated rings. The predicted octanol–water partition coefficient (Wildman–Crippen LogP) is 1.13. The van der Waals surface area contributed by atoms with Gasteiger partial charge in [-0.3, -0.25) is 0 Å². The van der Waals surface area contributed by atoms with Gasteiger partial charge in [-0.15, -0.1) is 0 Å². The zero-order valence-corrected chi connectivity index (χ0v) is 12.7. The van der Waals surface area contributed by atoms with Gasteiger partial charge in [0.25, 0.3) is 0 Å². The molecule has 20 heavy (non-hydrogen) atoms. The van der Waals surface area contributed by atoms with E-state index in [9.17, 15) is 4.79 Å². The predicted molar refractivity (Wildman–Crippen MR) is 74.5 cm³/mol. The van der Waals surface area contributed by atoms with Gasteiger partial charge in [-0.1, -0.05) is 0 Å². The molecule has 2 rings (SSSR count). The molecule has 2 saturated heterocycles. The summed E-state index contributed by atoms with van der Waals surface area (Å²) in [5, 5.41) is 0. The molecule has 2 aliphatic rings. The Balaban J connectivity index is 1.87. The van der Waals surface area contributed by atoms with Gasteiger partial charge < -0.3 is 24.8 Å². The van der Waals surface area contributed by atoms with Crippen molar-refractivity contribution in [2.75, 3.05) is 32.8 Å². The topological polar surface area (TPSA) is 74.0 Å². The lowest BCUT2D eigenvalue weighted by Crippen LogP contribution is -2.56. The molecule has 0 aromatic carbocycles. The maximum Gasteiger partial charge on any atom is 0.410 e. The van der Waals surface area contributed by atoms with Crippen LogP contribution in [-0.2, 0) is 14.2 Å². The minimum Gasteiger partial charge on any atom is -0.444 e. The van der Waals surface area contributed by atoms with Crippen LogP contribution in [0.5, 0.6) is 0 Å². The van der Waals surface area contributed by atoms with E-state index in [1.807, 2.05) is 20.8 Å².